The SMILES string of the molecule is CC(Cc1nnnn1CC1(C(=O)O)CCC1)CC(C)(C)C. The first-order valence-corrected chi connectivity index (χ1v) is 7.70. The van der Waals surface area contributed by atoms with Crippen molar-refractivity contribution < 1.29 is 9.90 Å². The lowest BCUT2D eigenvalue weighted by atomic mass is 9.69. The van der Waals surface area contributed by atoms with Gasteiger partial charge in [-0.05, 0) is 41.0 Å². The quantitative estimate of drug-likeness (QED) is 0.872. The molecule has 1 fully saturated rings. The molecule has 1 aliphatic carbocycles. The summed E-state index contributed by atoms with van der Waals surface area (Å²) >= 11 is 0. The maximum atomic E-state index is 11.5. The maximum absolute atomic E-state index is 11.5. The molecule has 21 heavy (non-hydrogen) atoms. The molecule has 1 aromatic heterocycles. The zero-order valence-corrected chi connectivity index (χ0v) is 13.5. The van der Waals surface area contributed by atoms with Gasteiger partial charge in [0, 0.05) is 6.42 Å². The van der Waals surface area contributed by atoms with E-state index in [2.05, 4.69) is 43.2 Å². The average Bonchev–Trinajstić information content (AvgIpc) is 2.67. The van der Waals surface area contributed by atoms with E-state index in [0.29, 0.717) is 12.5 Å². The van der Waals surface area contributed by atoms with Gasteiger partial charge in [0.05, 0.1) is 12.0 Å². The Balaban J connectivity index is 2.03. The van der Waals surface area contributed by atoms with E-state index >= 15 is 0 Å². The first-order chi connectivity index (χ1) is 9.72. The van der Waals surface area contributed by atoms with E-state index in [1.54, 1.807) is 4.68 Å². The lowest BCUT2D eigenvalue weighted by Gasteiger charge is -2.37. The van der Waals surface area contributed by atoms with E-state index in [-0.39, 0.29) is 5.41 Å². The Kier molecular flexibility index (Phi) is 4.35. The number of carboxylic acid groups (broad SMARTS) is 1. The van der Waals surface area contributed by atoms with E-state index in [0.717, 1.165) is 37.9 Å². The van der Waals surface area contributed by atoms with E-state index in [1.165, 1.54) is 0 Å². The topological polar surface area (TPSA) is 80.9 Å². The highest BCUT2D eigenvalue weighted by Gasteiger charge is 2.45. The second kappa shape index (κ2) is 5.73. The van der Waals surface area contributed by atoms with Gasteiger partial charge in [-0.25, -0.2) is 4.68 Å². The number of carbonyl (C=O) groups is 1. The molecule has 0 saturated heterocycles. The van der Waals surface area contributed by atoms with Gasteiger partial charge in [0.25, 0.3) is 0 Å². The van der Waals surface area contributed by atoms with Crippen molar-refractivity contribution in [3.63, 3.8) is 0 Å². The van der Waals surface area contributed by atoms with Crippen LogP contribution in [0.25, 0.3) is 0 Å². The van der Waals surface area contributed by atoms with Crippen molar-refractivity contribution in [1.29, 1.82) is 0 Å². The fourth-order valence-corrected chi connectivity index (χ4v) is 3.25. The molecule has 0 radical (unpaired) electrons. The summed E-state index contributed by atoms with van der Waals surface area (Å²) in [5.41, 5.74) is -0.384. The molecule has 0 amide bonds. The molecular weight excluding hydrogens is 268 g/mol. The lowest BCUT2D eigenvalue weighted by Crippen LogP contribution is -2.42. The van der Waals surface area contributed by atoms with Crippen LogP contribution in [0.1, 0.15) is 59.2 Å². The van der Waals surface area contributed by atoms with Gasteiger partial charge in [-0.15, -0.1) is 5.10 Å². The smallest absolute Gasteiger partial charge is 0.311 e. The number of tetrazole rings is 1. The summed E-state index contributed by atoms with van der Waals surface area (Å²) in [6.45, 7) is 9.26. The second-order valence-corrected chi connectivity index (χ2v) is 7.77. The van der Waals surface area contributed by atoms with Gasteiger partial charge < -0.3 is 5.11 Å². The molecule has 1 N–H and O–H groups in total. The largest absolute Gasteiger partial charge is 0.481 e. The molecule has 6 heteroatoms. The number of nitrogens with zero attached hydrogens (tertiary/aromatic N) is 4. The molecule has 118 valence electrons. The molecule has 1 saturated carbocycles. The molecule has 1 unspecified atom stereocenters. The highest BCUT2D eigenvalue weighted by molar-refractivity contribution is 5.75. The van der Waals surface area contributed by atoms with Crippen molar-refractivity contribution in [3.05, 3.63) is 5.82 Å². The molecule has 2 rings (SSSR count). The Bertz CT molecular complexity index is 500. The third-order valence-corrected chi connectivity index (χ3v) is 4.31. The fraction of sp³-hybridized carbons (Fsp3) is 0.867. The van der Waals surface area contributed by atoms with Gasteiger partial charge in [-0.2, -0.15) is 0 Å². The minimum Gasteiger partial charge on any atom is -0.481 e. The zero-order chi connectivity index (χ0) is 15.7. The third kappa shape index (κ3) is 3.80. The Hall–Kier alpha value is -1.46. The Morgan fingerprint density at radius 2 is 2.10 bits per heavy atom. The number of aliphatic carboxylic acids is 1. The molecule has 1 atom stereocenters. The van der Waals surface area contributed by atoms with Crippen molar-refractivity contribution in [2.75, 3.05) is 0 Å². The van der Waals surface area contributed by atoms with Crippen molar-refractivity contribution in [3.8, 4) is 0 Å². The summed E-state index contributed by atoms with van der Waals surface area (Å²) in [5.74, 6) is 0.550. The van der Waals surface area contributed by atoms with E-state index < -0.39 is 11.4 Å². The lowest BCUT2D eigenvalue weighted by molar-refractivity contribution is -0.156. The van der Waals surface area contributed by atoms with Gasteiger partial charge in [-0.3, -0.25) is 4.79 Å². The average molecular weight is 294 g/mol. The van der Waals surface area contributed by atoms with Crippen LogP contribution in [0.15, 0.2) is 0 Å². The molecule has 0 aromatic carbocycles. The maximum Gasteiger partial charge on any atom is 0.311 e. The van der Waals surface area contributed by atoms with Crippen LogP contribution in [-0.2, 0) is 17.8 Å². The molecular formula is C15H26N4O2. The van der Waals surface area contributed by atoms with Crippen LogP contribution in [0.5, 0.6) is 0 Å². The number of hydrogen-bond acceptors (Lipinski definition) is 4. The van der Waals surface area contributed by atoms with Crippen molar-refractivity contribution >= 4 is 5.97 Å². The van der Waals surface area contributed by atoms with Crippen LogP contribution in [-0.4, -0.2) is 31.3 Å². The van der Waals surface area contributed by atoms with Gasteiger partial charge >= 0.3 is 5.97 Å². The molecule has 0 bridgehead atoms. The summed E-state index contributed by atoms with van der Waals surface area (Å²) in [6.07, 6.45) is 4.30. The normalized spacial score (nSPS) is 19.0. The van der Waals surface area contributed by atoms with Gasteiger partial charge in [0.15, 0.2) is 5.82 Å². The van der Waals surface area contributed by atoms with E-state index in [9.17, 15) is 9.90 Å². The van der Waals surface area contributed by atoms with E-state index in [1.807, 2.05) is 0 Å². The standard InChI is InChI=1S/C15H26N4O2/c1-11(9-14(2,3)4)8-12-16-17-18-19(12)10-15(13(20)21)6-5-7-15/h11H,5-10H2,1-4H3,(H,20,21). The van der Waals surface area contributed by atoms with E-state index in [4.69, 9.17) is 0 Å². The number of aromatic nitrogens is 4. The molecule has 0 spiro atoms. The highest BCUT2D eigenvalue weighted by Crippen LogP contribution is 2.42. The monoisotopic (exact) mass is 294 g/mol. The number of rotatable bonds is 6. The highest BCUT2D eigenvalue weighted by atomic mass is 16.4. The Morgan fingerprint density at radius 1 is 1.43 bits per heavy atom. The third-order valence-electron chi connectivity index (χ3n) is 4.31. The van der Waals surface area contributed by atoms with Crippen molar-refractivity contribution in [2.45, 2.75) is 66.3 Å². The van der Waals surface area contributed by atoms with Gasteiger partial charge in [0.2, 0.25) is 0 Å². The minimum absolute atomic E-state index is 0.272. The van der Waals surface area contributed by atoms with Gasteiger partial charge in [-0.1, -0.05) is 34.1 Å². The predicted octanol–water partition coefficient (Wildman–Crippen LogP) is 2.54. The summed E-state index contributed by atoms with van der Waals surface area (Å²) < 4.78 is 1.70. The molecule has 1 aromatic rings. The summed E-state index contributed by atoms with van der Waals surface area (Å²) in [5, 5.41) is 21.3. The van der Waals surface area contributed by atoms with Crippen LogP contribution in [0.4, 0.5) is 0 Å². The summed E-state index contributed by atoms with van der Waals surface area (Å²) in [6, 6.07) is 0. The predicted molar refractivity (Wildman–Crippen MR) is 78.7 cm³/mol. The summed E-state index contributed by atoms with van der Waals surface area (Å²) in [7, 11) is 0. The van der Waals surface area contributed by atoms with Crippen LogP contribution in [0.2, 0.25) is 0 Å². The van der Waals surface area contributed by atoms with Crippen LogP contribution >= 0.6 is 0 Å². The first kappa shape index (κ1) is 15.9. The van der Waals surface area contributed by atoms with Gasteiger partial charge in [0.1, 0.15) is 0 Å². The van der Waals surface area contributed by atoms with Crippen LogP contribution < -0.4 is 0 Å². The number of carboxylic acids is 1. The minimum atomic E-state index is -0.724. The second-order valence-electron chi connectivity index (χ2n) is 7.77. The Labute approximate surface area is 125 Å². The molecule has 6 nitrogen and oxygen atoms in total. The van der Waals surface area contributed by atoms with Crippen LogP contribution in [0, 0.1) is 16.7 Å². The summed E-state index contributed by atoms with van der Waals surface area (Å²) in [4.78, 5) is 11.5. The Morgan fingerprint density at radius 3 is 2.57 bits per heavy atom. The molecule has 1 heterocycles. The molecule has 1 aliphatic rings. The first-order valence-electron chi connectivity index (χ1n) is 7.70. The fourth-order valence-electron chi connectivity index (χ4n) is 3.25. The van der Waals surface area contributed by atoms with Crippen molar-refractivity contribution in [2.24, 2.45) is 16.7 Å². The molecule has 0 aliphatic heterocycles. The zero-order valence-electron chi connectivity index (χ0n) is 13.5. The van der Waals surface area contributed by atoms with Crippen molar-refractivity contribution in [1.82, 2.24) is 20.2 Å². The van der Waals surface area contributed by atoms with Crippen LogP contribution in [0.3, 0.4) is 0 Å². The number of hydrogen-bond donors (Lipinski definition) is 1.